The number of anilines is 2. The number of ether oxygens (including phenoxy) is 2. The van der Waals surface area contributed by atoms with E-state index in [2.05, 4.69) is 15.0 Å². The van der Waals surface area contributed by atoms with E-state index in [0.29, 0.717) is 43.1 Å². The zero-order chi connectivity index (χ0) is 36.4. The summed E-state index contributed by atoms with van der Waals surface area (Å²) in [6.07, 6.45) is -7.12. The third-order valence-corrected chi connectivity index (χ3v) is 10.6. The highest BCUT2D eigenvalue weighted by Crippen LogP contribution is 2.44. The Labute approximate surface area is 293 Å². The molecule has 0 bridgehead atoms. The van der Waals surface area contributed by atoms with Gasteiger partial charge in [0.25, 0.3) is 6.08 Å². The molecule has 0 radical (unpaired) electrons. The summed E-state index contributed by atoms with van der Waals surface area (Å²) in [5, 5.41) is 4.44. The first-order chi connectivity index (χ1) is 24.2. The maximum absolute atomic E-state index is 15.4. The second-order valence-corrected chi connectivity index (χ2v) is 14.0. The smallest absolute Gasteiger partial charge is 0.416 e. The fourth-order valence-corrected chi connectivity index (χ4v) is 8.13. The molecule has 2 N–H and O–H groups in total. The number of nitrogens with two attached hydrogens (primary N) is 1. The topological polar surface area (TPSA) is 97.8 Å². The second kappa shape index (κ2) is 13.3. The molecule has 0 saturated carbocycles. The van der Waals surface area contributed by atoms with E-state index in [-0.39, 0.29) is 55.0 Å². The molecule has 7 rings (SSSR count). The minimum atomic E-state index is -4.89. The standard InChI is InChI=1S/C33H36ClF7N8O2/c1-46(2)28(29(37)38)27-25(34)22-14-47(8-4-10-49(22)45-27)30-18-15-50-23(24-19(33(39,40)41)5-6-20(42)26(24)36)11-21(18)43-31(44-30)51-16-32-7-3-9-48(32)13-17(35)12-32/h5-6,17,23H,3-4,7-16,42H2,1-2H3/t17-,23+,32+/m1/s1. The maximum atomic E-state index is 15.4. The second-order valence-electron chi connectivity index (χ2n) is 13.7. The predicted molar refractivity (Wildman–Crippen MR) is 173 cm³/mol. The summed E-state index contributed by atoms with van der Waals surface area (Å²) in [5.74, 6) is -0.894. The number of hydrogen-bond acceptors (Lipinski definition) is 9. The monoisotopic (exact) mass is 744 g/mol. The van der Waals surface area contributed by atoms with E-state index in [1.54, 1.807) is 4.68 Å². The van der Waals surface area contributed by atoms with Gasteiger partial charge in [0.2, 0.25) is 0 Å². The van der Waals surface area contributed by atoms with Gasteiger partial charge in [-0.3, -0.25) is 9.58 Å². The SMILES string of the molecule is CN(C)C(=C(F)F)c1nn2c(c1Cl)CN(c1nc(OC[C@@]34CCCN3C[C@H](F)C4)nc3c1CO[C@H](c1c(C(F)(F)F)ccc(N)c1F)C3)CCC2. The van der Waals surface area contributed by atoms with E-state index in [4.69, 9.17) is 31.8 Å². The van der Waals surface area contributed by atoms with Crippen LogP contribution in [0.2, 0.25) is 5.02 Å². The number of alkyl halides is 4. The van der Waals surface area contributed by atoms with Gasteiger partial charge >= 0.3 is 12.2 Å². The van der Waals surface area contributed by atoms with Crippen LogP contribution in [0.1, 0.15) is 65.6 Å². The highest BCUT2D eigenvalue weighted by atomic mass is 35.5. The maximum Gasteiger partial charge on any atom is 0.416 e. The molecule has 0 aliphatic carbocycles. The van der Waals surface area contributed by atoms with Gasteiger partial charge in [0.1, 0.15) is 30.0 Å². The summed E-state index contributed by atoms with van der Waals surface area (Å²) < 4.78 is 114. The summed E-state index contributed by atoms with van der Waals surface area (Å²) in [6, 6.07) is 1.50. The van der Waals surface area contributed by atoms with Crippen LogP contribution in [0.4, 0.5) is 42.2 Å². The minimum Gasteiger partial charge on any atom is -0.461 e. The van der Waals surface area contributed by atoms with Crippen molar-refractivity contribution in [2.45, 2.75) is 75.8 Å². The van der Waals surface area contributed by atoms with Crippen molar-refractivity contribution >= 4 is 28.8 Å². The van der Waals surface area contributed by atoms with E-state index in [9.17, 15) is 26.3 Å². The molecule has 1 aromatic carbocycles. The van der Waals surface area contributed by atoms with Crippen LogP contribution in [-0.2, 0) is 37.0 Å². The van der Waals surface area contributed by atoms with Crippen molar-refractivity contribution in [3.8, 4) is 6.01 Å². The fraction of sp³-hybridized carbons (Fsp3) is 0.545. The first-order valence-corrected chi connectivity index (χ1v) is 17.0. The molecule has 0 spiro atoms. The zero-order valence-corrected chi connectivity index (χ0v) is 28.6. The number of hydrogen-bond donors (Lipinski definition) is 1. The van der Waals surface area contributed by atoms with Crippen molar-refractivity contribution in [1.29, 1.82) is 0 Å². The molecule has 4 aliphatic rings. The van der Waals surface area contributed by atoms with Crippen LogP contribution in [0.5, 0.6) is 6.01 Å². The molecule has 2 fully saturated rings. The third-order valence-electron chi connectivity index (χ3n) is 10.2. The summed E-state index contributed by atoms with van der Waals surface area (Å²) in [5.41, 5.74) is 3.44. The van der Waals surface area contributed by atoms with Gasteiger partial charge in [-0.1, -0.05) is 11.6 Å². The molecular formula is C33H36ClF7N8O2. The Balaban J connectivity index is 1.28. The molecule has 2 aromatic heterocycles. The van der Waals surface area contributed by atoms with Crippen molar-refractivity contribution in [1.82, 2.24) is 29.5 Å². The van der Waals surface area contributed by atoms with Crippen molar-refractivity contribution in [3.05, 3.63) is 62.8 Å². The first kappa shape index (κ1) is 35.6. The lowest BCUT2D eigenvalue weighted by molar-refractivity contribution is -0.140. The Morgan fingerprint density at radius 2 is 1.94 bits per heavy atom. The largest absolute Gasteiger partial charge is 0.461 e. The molecule has 18 heteroatoms. The van der Waals surface area contributed by atoms with Crippen LogP contribution >= 0.6 is 11.6 Å². The van der Waals surface area contributed by atoms with Gasteiger partial charge in [0.05, 0.1) is 52.5 Å². The Kier molecular flexibility index (Phi) is 9.27. The fourth-order valence-electron chi connectivity index (χ4n) is 7.85. The Hall–Kier alpha value is -3.83. The molecular weight excluding hydrogens is 709 g/mol. The van der Waals surface area contributed by atoms with Crippen LogP contribution in [0.15, 0.2) is 18.2 Å². The van der Waals surface area contributed by atoms with Gasteiger partial charge in [-0.25, -0.2) is 8.78 Å². The van der Waals surface area contributed by atoms with Crippen molar-refractivity contribution < 1.29 is 40.2 Å². The number of halogens is 8. The van der Waals surface area contributed by atoms with E-state index in [1.807, 2.05) is 4.90 Å². The summed E-state index contributed by atoms with van der Waals surface area (Å²) >= 11 is 6.72. The predicted octanol–water partition coefficient (Wildman–Crippen LogP) is 6.37. The van der Waals surface area contributed by atoms with E-state index in [1.165, 1.54) is 19.0 Å². The lowest BCUT2D eigenvalue weighted by Crippen LogP contribution is -2.43. The van der Waals surface area contributed by atoms with Gasteiger partial charge in [-0.05, 0) is 37.9 Å². The number of fused-ring (bicyclic) bond motifs is 3. The van der Waals surface area contributed by atoms with Crippen LogP contribution in [-0.4, -0.2) is 81.6 Å². The zero-order valence-electron chi connectivity index (χ0n) is 27.8. The molecule has 0 unspecified atom stereocenters. The molecule has 4 aliphatic heterocycles. The van der Waals surface area contributed by atoms with Crippen molar-refractivity contribution in [3.63, 3.8) is 0 Å². The quantitative estimate of drug-likeness (QED) is 0.219. The first-order valence-electron chi connectivity index (χ1n) is 16.6. The molecule has 6 heterocycles. The van der Waals surface area contributed by atoms with Crippen LogP contribution in [0, 0.1) is 5.82 Å². The van der Waals surface area contributed by atoms with Crippen molar-refractivity contribution in [2.24, 2.45) is 0 Å². The average Bonchev–Trinajstić information content (AvgIpc) is 3.62. The van der Waals surface area contributed by atoms with E-state index in [0.717, 1.165) is 31.5 Å². The minimum absolute atomic E-state index is 0.0355. The summed E-state index contributed by atoms with van der Waals surface area (Å²) in [7, 11) is 2.92. The lowest BCUT2D eigenvalue weighted by Gasteiger charge is -2.33. The van der Waals surface area contributed by atoms with Gasteiger partial charge in [-0.15, -0.1) is 0 Å². The van der Waals surface area contributed by atoms with E-state index >= 15 is 4.39 Å². The lowest BCUT2D eigenvalue weighted by atomic mass is 9.94. The number of rotatable bonds is 7. The van der Waals surface area contributed by atoms with E-state index < -0.39 is 58.4 Å². The number of aryl methyl sites for hydroxylation is 1. The van der Waals surface area contributed by atoms with Crippen LogP contribution < -0.4 is 15.4 Å². The van der Waals surface area contributed by atoms with Crippen molar-refractivity contribution in [2.75, 3.05) is 51.0 Å². The molecule has 276 valence electrons. The molecule has 0 amide bonds. The molecule has 3 atom stereocenters. The highest BCUT2D eigenvalue weighted by Gasteiger charge is 2.49. The molecule has 2 saturated heterocycles. The number of aromatic nitrogens is 4. The van der Waals surface area contributed by atoms with Gasteiger partial charge in [0, 0.05) is 57.7 Å². The van der Waals surface area contributed by atoms with Crippen LogP contribution in [0.25, 0.3) is 5.70 Å². The third kappa shape index (κ3) is 6.45. The number of nitrogens with zero attached hydrogens (tertiary/aromatic N) is 7. The molecule has 10 nitrogen and oxygen atoms in total. The normalized spacial score (nSPS) is 23.5. The van der Waals surface area contributed by atoms with Gasteiger partial charge in [-0.2, -0.15) is 37.0 Å². The Morgan fingerprint density at radius 3 is 2.67 bits per heavy atom. The average molecular weight is 745 g/mol. The summed E-state index contributed by atoms with van der Waals surface area (Å²) in [6.45, 7) is 1.67. The van der Waals surface area contributed by atoms with Gasteiger partial charge in [0.15, 0.2) is 5.82 Å². The number of benzene rings is 1. The van der Waals surface area contributed by atoms with Gasteiger partial charge < -0.3 is 25.0 Å². The Morgan fingerprint density at radius 1 is 1.16 bits per heavy atom. The summed E-state index contributed by atoms with van der Waals surface area (Å²) in [4.78, 5) is 14.5. The number of nitrogen functional groups attached to an aromatic ring is 1. The molecule has 51 heavy (non-hydrogen) atoms. The highest BCUT2D eigenvalue weighted by molar-refractivity contribution is 6.32. The van der Waals surface area contributed by atoms with Crippen LogP contribution in [0.3, 0.4) is 0 Å². The molecule has 3 aromatic rings. The Bertz CT molecular complexity index is 1870.